The van der Waals surface area contributed by atoms with Crippen molar-refractivity contribution in [3.05, 3.63) is 41.4 Å². The Morgan fingerprint density at radius 3 is 2.76 bits per heavy atom. The lowest BCUT2D eigenvalue weighted by Gasteiger charge is -2.01. The standard InChI is InChI=1S/C16H10ClNO3/c1-20-9-3-5-13-12(7-9)14-15(21-13)10-4-2-8(17)6-11(10)16(19)18-14/h2-7H,1H3,(H,18,19). The second kappa shape index (κ2) is 4.27. The highest BCUT2D eigenvalue weighted by atomic mass is 35.5. The number of ether oxygens (including phenoxy) is 1. The van der Waals surface area contributed by atoms with E-state index in [1.807, 2.05) is 24.3 Å². The molecule has 0 saturated heterocycles. The fourth-order valence-electron chi connectivity index (χ4n) is 2.55. The van der Waals surface area contributed by atoms with Gasteiger partial charge in [-0.1, -0.05) is 11.6 Å². The highest BCUT2D eigenvalue weighted by Crippen LogP contribution is 2.38. The maximum Gasteiger partial charge on any atom is 0.219 e. The topological polar surface area (TPSA) is 55.5 Å². The second-order valence-electron chi connectivity index (χ2n) is 4.77. The van der Waals surface area contributed by atoms with Gasteiger partial charge in [-0.2, -0.15) is 0 Å². The maximum atomic E-state index is 10.2. The van der Waals surface area contributed by atoms with Crippen LogP contribution in [-0.4, -0.2) is 17.2 Å². The van der Waals surface area contributed by atoms with Gasteiger partial charge in [0.05, 0.1) is 12.5 Å². The normalized spacial score (nSPS) is 11.5. The first-order chi connectivity index (χ1) is 10.2. The van der Waals surface area contributed by atoms with Crippen molar-refractivity contribution in [1.29, 1.82) is 0 Å². The molecule has 0 bridgehead atoms. The Morgan fingerprint density at radius 1 is 1.10 bits per heavy atom. The van der Waals surface area contributed by atoms with E-state index in [0.29, 0.717) is 32.8 Å². The van der Waals surface area contributed by atoms with E-state index in [4.69, 9.17) is 20.8 Å². The average molecular weight is 300 g/mol. The summed E-state index contributed by atoms with van der Waals surface area (Å²) in [5.74, 6) is 0.646. The van der Waals surface area contributed by atoms with Crippen LogP contribution in [-0.2, 0) is 0 Å². The molecule has 0 aliphatic carbocycles. The van der Waals surface area contributed by atoms with Crippen molar-refractivity contribution < 1.29 is 14.3 Å². The van der Waals surface area contributed by atoms with Gasteiger partial charge in [0.1, 0.15) is 16.8 Å². The van der Waals surface area contributed by atoms with Crippen LogP contribution in [0.25, 0.3) is 32.8 Å². The summed E-state index contributed by atoms with van der Waals surface area (Å²) in [4.78, 5) is 4.26. The van der Waals surface area contributed by atoms with Gasteiger partial charge in [0.15, 0.2) is 5.58 Å². The average Bonchev–Trinajstić information content (AvgIpc) is 2.85. The molecule has 0 spiro atoms. The fourth-order valence-corrected chi connectivity index (χ4v) is 2.72. The molecule has 0 aliphatic heterocycles. The van der Waals surface area contributed by atoms with Crippen molar-refractivity contribution in [1.82, 2.24) is 4.98 Å². The summed E-state index contributed by atoms with van der Waals surface area (Å²) in [6, 6.07) is 10.7. The first kappa shape index (κ1) is 12.3. The zero-order valence-corrected chi connectivity index (χ0v) is 11.8. The second-order valence-corrected chi connectivity index (χ2v) is 5.20. The van der Waals surface area contributed by atoms with Crippen LogP contribution in [0.2, 0.25) is 5.02 Å². The Hall–Kier alpha value is -2.46. The van der Waals surface area contributed by atoms with Crippen LogP contribution in [0.4, 0.5) is 0 Å². The molecule has 5 heteroatoms. The zero-order valence-electron chi connectivity index (χ0n) is 11.1. The maximum absolute atomic E-state index is 10.2. The summed E-state index contributed by atoms with van der Waals surface area (Å²) < 4.78 is 11.1. The molecule has 0 atom stereocenters. The molecule has 21 heavy (non-hydrogen) atoms. The molecule has 4 rings (SSSR count). The van der Waals surface area contributed by atoms with E-state index in [0.717, 1.165) is 10.8 Å². The lowest BCUT2D eigenvalue weighted by Crippen LogP contribution is -1.83. The number of hydrogen-bond donors (Lipinski definition) is 1. The molecule has 0 amide bonds. The Balaban J connectivity index is 2.22. The van der Waals surface area contributed by atoms with E-state index in [9.17, 15) is 5.11 Å². The summed E-state index contributed by atoms with van der Waals surface area (Å²) in [6.07, 6.45) is 0. The number of aromatic hydroxyl groups is 1. The molecule has 0 aliphatic rings. The van der Waals surface area contributed by atoms with Crippen LogP contribution < -0.4 is 4.74 Å². The molecule has 4 nitrogen and oxygen atoms in total. The van der Waals surface area contributed by atoms with E-state index in [-0.39, 0.29) is 5.88 Å². The molecule has 104 valence electrons. The van der Waals surface area contributed by atoms with Crippen molar-refractivity contribution in [2.75, 3.05) is 7.11 Å². The van der Waals surface area contributed by atoms with Crippen molar-refractivity contribution in [3.63, 3.8) is 0 Å². The Kier molecular flexibility index (Phi) is 2.50. The summed E-state index contributed by atoms with van der Waals surface area (Å²) in [7, 11) is 1.60. The number of methoxy groups -OCH3 is 1. The molecular formula is C16H10ClNO3. The smallest absolute Gasteiger partial charge is 0.219 e. The van der Waals surface area contributed by atoms with E-state index >= 15 is 0 Å². The lowest BCUT2D eigenvalue weighted by atomic mass is 10.1. The van der Waals surface area contributed by atoms with E-state index in [1.54, 1.807) is 19.2 Å². The quantitative estimate of drug-likeness (QED) is 0.562. The SMILES string of the molecule is COc1ccc2oc3c4ccc(Cl)cc4c(O)nc3c2c1. The van der Waals surface area contributed by atoms with Gasteiger partial charge in [-0.3, -0.25) is 0 Å². The van der Waals surface area contributed by atoms with Gasteiger partial charge in [0.25, 0.3) is 0 Å². The fraction of sp³-hybridized carbons (Fsp3) is 0.0625. The molecule has 2 aromatic heterocycles. The zero-order chi connectivity index (χ0) is 14.6. The van der Waals surface area contributed by atoms with Gasteiger partial charge in [-0.05, 0) is 36.4 Å². The number of furan rings is 1. The third kappa shape index (κ3) is 1.73. The number of fused-ring (bicyclic) bond motifs is 5. The molecule has 0 radical (unpaired) electrons. The van der Waals surface area contributed by atoms with Gasteiger partial charge in [-0.15, -0.1) is 0 Å². The van der Waals surface area contributed by atoms with E-state index in [1.165, 1.54) is 0 Å². The number of pyridine rings is 1. The summed E-state index contributed by atoms with van der Waals surface area (Å²) in [6.45, 7) is 0. The molecule has 2 heterocycles. The van der Waals surface area contributed by atoms with Crippen molar-refractivity contribution in [2.24, 2.45) is 0 Å². The number of aromatic nitrogens is 1. The molecule has 4 aromatic rings. The number of rotatable bonds is 1. The third-order valence-electron chi connectivity index (χ3n) is 3.55. The minimum Gasteiger partial charge on any atom is -0.497 e. The minimum atomic E-state index is -0.0643. The third-order valence-corrected chi connectivity index (χ3v) is 3.79. The predicted molar refractivity (Wildman–Crippen MR) is 82.2 cm³/mol. The molecule has 2 aromatic carbocycles. The van der Waals surface area contributed by atoms with Crippen molar-refractivity contribution in [2.45, 2.75) is 0 Å². The molecular weight excluding hydrogens is 290 g/mol. The minimum absolute atomic E-state index is 0.0643. The van der Waals surface area contributed by atoms with Crippen LogP contribution in [0.15, 0.2) is 40.8 Å². The molecule has 1 N–H and O–H groups in total. The van der Waals surface area contributed by atoms with Crippen LogP contribution in [0.5, 0.6) is 11.6 Å². The molecule has 0 fully saturated rings. The monoisotopic (exact) mass is 299 g/mol. The first-order valence-electron chi connectivity index (χ1n) is 6.36. The highest BCUT2D eigenvalue weighted by Gasteiger charge is 2.15. The van der Waals surface area contributed by atoms with Gasteiger partial charge in [-0.25, -0.2) is 4.98 Å². The van der Waals surface area contributed by atoms with Gasteiger partial charge in [0.2, 0.25) is 5.88 Å². The van der Waals surface area contributed by atoms with Crippen LogP contribution in [0, 0.1) is 0 Å². The number of nitrogens with zero attached hydrogens (tertiary/aromatic N) is 1. The van der Waals surface area contributed by atoms with Crippen molar-refractivity contribution >= 4 is 44.4 Å². The van der Waals surface area contributed by atoms with Gasteiger partial charge >= 0.3 is 0 Å². The summed E-state index contributed by atoms with van der Waals surface area (Å²) in [5, 5.41) is 12.8. The number of halogens is 1. The predicted octanol–water partition coefficient (Wildman–Crippen LogP) is 4.50. The van der Waals surface area contributed by atoms with Crippen LogP contribution in [0.3, 0.4) is 0 Å². The van der Waals surface area contributed by atoms with Crippen LogP contribution >= 0.6 is 11.6 Å². The van der Waals surface area contributed by atoms with Crippen molar-refractivity contribution in [3.8, 4) is 11.6 Å². The Labute approximate surface area is 124 Å². The van der Waals surface area contributed by atoms with Gasteiger partial charge < -0.3 is 14.3 Å². The highest BCUT2D eigenvalue weighted by molar-refractivity contribution is 6.31. The van der Waals surface area contributed by atoms with Gasteiger partial charge in [0, 0.05) is 15.8 Å². The molecule has 0 saturated carbocycles. The summed E-state index contributed by atoms with van der Waals surface area (Å²) in [5.41, 5.74) is 1.93. The van der Waals surface area contributed by atoms with E-state index in [2.05, 4.69) is 4.98 Å². The Bertz CT molecular complexity index is 1010. The van der Waals surface area contributed by atoms with Crippen LogP contribution in [0.1, 0.15) is 0 Å². The lowest BCUT2D eigenvalue weighted by molar-refractivity contribution is 0.415. The molecule has 0 unspecified atom stereocenters. The Morgan fingerprint density at radius 2 is 1.95 bits per heavy atom. The largest absolute Gasteiger partial charge is 0.497 e. The number of hydrogen-bond acceptors (Lipinski definition) is 4. The van der Waals surface area contributed by atoms with E-state index < -0.39 is 0 Å². The first-order valence-corrected chi connectivity index (χ1v) is 6.73. The summed E-state index contributed by atoms with van der Waals surface area (Å²) >= 11 is 5.97. The number of benzene rings is 2.